The molecular formula is C29H31ClN6O2. The van der Waals surface area contributed by atoms with Crippen LogP contribution in [-0.2, 0) is 4.79 Å². The predicted molar refractivity (Wildman–Crippen MR) is 148 cm³/mol. The van der Waals surface area contributed by atoms with E-state index in [1.807, 2.05) is 15.5 Å². The van der Waals surface area contributed by atoms with E-state index in [1.54, 1.807) is 30.5 Å². The lowest BCUT2D eigenvalue weighted by Crippen LogP contribution is -2.50. The smallest absolute Gasteiger partial charge is 0.260 e. The topological polar surface area (TPSA) is 75.9 Å². The van der Waals surface area contributed by atoms with E-state index in [4.69, 9.17) is 26.4 Å². The van der Waals surface area contributed by atoms with Gasteiger partial charge in [0.25, 0.3) is 11.7 Å². The Labute approximate surface area is 227 Å². The number of carbonyl (C=O) groups is 1. The SMILES string of the molecule is O=C(COc1ccc(Cl)cc1)N1CCN(c2nc3nccc(-c4ccc(C5CCCCC5)cc4)n3n2)CC1. The molecule has 0 spiro atoms. The minimum Gasteiger partial charge on any atom is -0.484 e. The van der Waals surface area contributed by atoms with Crippen molar-refractivity contribution in [2.75, 3.05) is 37.7 Å². The molecule has 2 aliphatic rings. The number of anilines is 1. The van der Waals surface area contributed by atoms with Crippen LogP contribution in [0.1, 0.15) is 43.6 Å². The average molecular weight is 531 g/mol. The first-order chi connectivity index (χ1) is 18.6. The van der Waals surface area contributed by atoms with E-state index < -0.39 is 0 Å². The molecule has 3 heterocycles. The highest BCUT2D eigenvalue weighted by Crippen LogP contribution is 2.33. The number of ether oxygens (including phenoxy) is 1. The van der Waals surface area contributed by atoms with Gasteiger partial charge in [0.1, 0.15) is 5.75 Å². The number of carbonyl (C=O) groups excluding carboxylic acids is 1. The number of rotatable bonds is 6. The Kier molecular flexibility index (Phi) is 7.14. The Bertz CT molecular complexity index is 1390. The van der Waals surface area contributed by atoms with Gasteiger partial charge in [-0.25, -0.2) is 4.98 Å². The molecule has 0 atom stereocenters. The van der Waals surface area contributed by atoms with Crippen LogP contribution in [0, 0.1) is 0 Å². The van der Waals surface area contributed by atoms with Crippen molar-refractivity contribution in [3.63, 3.8) is 0 Å². The van der Waals surface area contributed by atoms with Crippen molar-refractivity contribution in [2.45, 2.75) is 38.0 Å². The lowest BCUT2D eigenvalue weighted by molar-refractivity contribution is -0.133. The number of halogens is 1. The van der Waals surface area contributed by atoms with Crippen LogP contribution in [0.5, 0.6) is 5.75 Å². The van der Waals surface area contributed by atoms with Crippen LogP contribution in [0.4, 0.5) is 5.95 Å². The molecule has 0 radical (unpaired) electrons. The van der Waals surface area contributed by atoms with Gasteiger partial charge in [-0.3, -0.25) is 4.79 Å². The first-order valence-electron chi connectivity index (χ1n) is 13.4. The summed E-state index contributed by atoms with van der Waals surface area (Å²) < 4.78 is 7.45. The molecular weight excluding hydrogens is 500 g/mol. The van der Waals surface area contributed by atoms with Gasteiger partial charge in [-0.2, -0.15) is 9.50 Å². The number of hydrogen-bond donors (Lipinski definition) is 0. The summed E-state index contributed by atoms with van der Waals surface area (Å²) in [5, 5.41) is 5.44. The lowest BCUT2D eigenvalue weighted by atomic mass is 9.84. The van der Waals surface area contributed by atoms with Crippen LogP contribution in [0.3, 0.4) is 0 Å². The van der Waals surface area contributed by atoms with Gasteiger partial charge in [-0.15, -0.1) is 5.10 Å². The monoisotopic (exact) mass is 530 g/mol. The maximum absolute atomic E-state index is 12.7. The van der Waals surface area contributed by atoms with Gasteiger partial charge < -0.3 is 14.5 Å². The van der Waals surface area contributed by atoms with Crippen molar-refractivity contribution in [2.24, 2.45) is 0 Å². The highest BCUT2D eigenvalue weighted by Gasteiger charge is 2.24. The highest BCUT2D eigenvalue weighted by molar-refractivity contribution is 6.30. The molecule has 1 saturated carbocycles. The lowest BCUT2D eigenvalue weighted by Gasteiger charge is -2.34. The fourth-order valence-electron chi connectivity index (χ4n) is 5.42. The second kappa shape index (κ2) is 11.0. The number of piperazine rings is 1. The van der Waals surface area contributed by atoms with Gasteiger partial charge >= 0.3 is 0 Å². The molecule has 0 N–H and O–H groups in total. The maximum atomic E-state index is 12.7. The zero-order valence-electron chi connectivity index (χ0n) is 21.3. The molecule has 0 unspecified atom stereocenters. The van der Waals surface area contributed by atoms with Gasteiger partial charge in [-0.05, 0) is 54.7 Å². The largest absolute Gasteiger partial charge is 0.484 e. The Morgan fingerprint density at radius 2 is 1.66 bits per heavy atom. The quantitative estimate of drug-likeness (QED) is 0.340. The van der Waals surface area contributed by atoms with E-state index >= 15 is 0 Å². The van der Waals surface area contributed by atoms with Gasteiger partial charge in [0.2, 0.25) is 5.95 Å². The van der Waals surface area contributed by atoms with E-state index in [1.165, 1.54) is 37.7 Å². The number of amides is 1. The van der Waals surface area contributed by atoms with Gasteiger partial charge in [-0.1, -0.05) is 55.1 Å². The fourth-order valence-corrected chi connectivity index (χ4v) is 5.55. The van der Waals surface area contributed by atoms with Crippen LogP contribution in [-0.4, -0.2) is 63.2 Å². The fraction of sp³-hybridized carbons (Fsp3) is 0.379. The Balaban J connectivity index is 1.10. The summed E-state index contributed by atoms with van der Waals surface area (Å²) in [4.78, 5) is 25.7. The average Bonchev–Trinajstić information content (AvgIpc) is 3.42. The van der Waals surface area contributed by atoms with Gasteiger partial charge in [0.15, 0.2) is 6.61 Å². The molecule has 1 aliphatic carbocycles. The van der Waals surface area contributed by atoms with Crippen molar-refractivity contribution >= 4 is 29.2 Å². The van der Waals surface area contributed by atoms with Crippen molar-refractivity contribution in [1.29, 1.82) is 0 Å². The molecule has 2 aromatic carbocycles. The summed E-state index contributed by atoms with van der Waals surface area (Å²) in [5.41, 5.74) is 3.51. The predicted octanol–water partition coefficient (Wildman–Crippen LogP) is 5.22. The second-order valence-electron chi connectivity index (χ2n) is 10.0. The minimum atomic E-state index is -0.0387. The van der Waals surface area contributed by atoms with Crippen LogP contribution in [0.2, 0.25) is 5.02 Å². The molecule has 2 aromatic heterocycles. The number of aromatic nitrogens is 4. The molecule has 2 fully saturated rings. The zero-order chi connectivity index (χ0) is 25.9. The third-order valence-corrected chi connectivity index (χ3v) is 7.86. The van der Waals surface area contributed by atoms with E-state index in [-0.39, 0.29) is 12.5 Å². The van der Waals surface area contributed by atoms with Crippen molar-refractivity contribution in [3.8, 4) is 17.0 Å². The summed E-state index contributed by atoms with van der Waals surface area (Å²) in [6.07, 6.45) is 8.40. The van der Waals surface area contributed by atoms with Crippen molar-refractivity contribution < 1.29 is 9.53 Å². The molecule has 6 rings (SSSR count). The molecule has 1 aliphatic heterocycles. The van der Waals surface area contributed by atoms with Gasteiger partial charge in [0.05, 0.1) is 5.69 Å². The normalized spacial score (nSPS) is 16.7. The van der Waals surface area contributed by atoms with Crippen LogP contribution in [0.15, 0.2) is 60.8 Å². The third-order valence-electron chi connectivity index (χ3n) is 7.60. The van der Waals surface area contributed by atoms with Crippen LogP contribution >= 0.6 is 11.6 Å². The van der Waals surface area contributed by atoms with E-state index in [9.17, 15) is 4.79 Å². The second-order valence-corrected chi connectivity index (χ2v) is 10.5. The molecule has 1 saturated heterocycles. The molecule has 38 heavy (non-hydrogen) atoms. The van der Waals surface area contributed by atoms with Crippen LogP contribution in [0.25, 0.3) is 17.0 Å². The van der Waals surface area contributed by atoms with E-state index in [0.29, 0.717) is 54.6 Å². The van der Waals surface area contributed by atoms with E-state index in [2.05, 4.69) is 34.1 Å². The summed E-state index contributed by atoms with van der Waals surface area (Å²) in [6.45, 7) is 2.47. The molecule has 1 amide bonds. The Hall–Kier alpha value is -3.65. The molecule has 4 aromatic rings. The number of benzene rings is 2. The third kappa shape index (κ3) is 5.31. The summed E-state index contributed by atoms with van der Waals surface area (Å²) in [6, 6.07) is 17.9. The molecule has 0 bridgehead atoms. The number of nitrogens with zero attached hydrogens (tertiary/aromatic N) is 6. The molecule has 8 nitrogen and oxygen atoms in total. The maximum Gasteiger partial charge on any atom is 0.260 e. The molecule has 9 heteroatoms. The first-order valence-corrected chi connectivity index (χ1v) is 13.7. The Morgan fingerprint density at radius 1 is 0.921 bits per heavy atom. The van der Waals surface area contributed by atoms with Crippen molar-refractivity contribution in [3.05, 3.63) is 71.4 Å². The summed E-state index contributed by atoms with van der Waals surface area (Å²) >= 11 is 5.91. The molecule has 196 valence electrons. The summed E-state index contributed by atoms with van der Waals surface area (Å²) in [5.74, 6) is 2.48. The first kappa shape index (κ1) is 24.7. The Morgan fingerprint density at radius 3 is 2.39 bits per heavy atom. The zero-order valence-corrected chi connectivity index (χ0v) is 22.1. The summed E-state index contributed by atoms with van der Waals surface area (Å²) in [7, 11) is 0. The standard InChI is InChI=1S/C29H31ClN6O2/c30-24-10-12-25(13-11-24)38-20-27(37)34-16-18-35(19-17-34)29-32-28-31-15-14-26(36(28)33-29)23-8-6-22(7-9-23)21-4-2-1-3-5-21/h6-15,21H,1-5,16-20H2. The van der Waals surface area contributed by atoms with E-state index in [0.717, 1.165) is 11.3 Å². The van der Waals surface area contributed by atoms with Crippen LogP contribution < -0.4 is 9.64 Å². The van der Waals surface area contributed by atoms with Gasteiger partial charge in [0, 0.05) is 43.0 Å². The number of fused-ring (bicyclic) bond motifs is 1. The number of hydrogen-bond acceptors (Lipinski definition) is 6. The highest BCUT2D eigenvalue weighted by atomic mass is 35.5. The minimum absolute atomic E-state index is 0.00106. The van der Waals surface area contributed by atoms with Crippen molar-refractivity contribution in [1.82, 2.24) is 24.5 Å².